The number of alkyl halides is 3. The summed E-state index contributed by atoms with van der Waals surface area (Å²) in [7, 11) is 1.72. The molecule has 6 rings (SSSR count). The number of rotatable bonds is 11. The van der Waals surface area contributed by atoms with Gasteiger partial charge in [-0.2, -0.15) is 23.4 Å². The maximum Gasteiger partial charge on any atom is 0.393 e. The van der Waals surface area contributed by atoms with Crippen LogP contribution in [0.25, 0.3) is 21.1 Å². The molecule has 2 atom stereocenters. The fraction of sp³-hybridized carbons (Fsp3) is 0.471. The van der Waals surface area contributed by atoms with Gasteiger partial charge in [0.25, 0.3) is 0 Å². The Morgan fingerprint density at radius 1 is 1.19 bits per heavy atom. The molecule has 0 saturated carbocycles. The Balaban J connectivity index is 1.17. The lowest BCUT2D eigenvalue weighted by molar-refractivity contribution is -0.126. The van der Waals surface area contributed by atoms with Crippen LogP contribution in [-0.2, 0) is 24.3 Å². The highest BCUT2D eigenvalue weighted by Gasteiger charge is 2.44. The van der Waals surface area contributed by atoms with E-state index >= 15 is 0 Å². The van der Waals surface area contributed by atoms with E-state index in [2.05, 4.69) is 56.5 Å². The summed E-state index contributed by atoms with van der Waals surface area (Å²) in [4.78, 5) is 25.3. The lowest BCUT2D eigenvalue weighted by atomic mass is 9.86. The number of aryl methyl sites for hydroxylation is 1. The Bertz CT molecular complexity index is 1890. The standard InChI is InChI=1S/C34H37F3N8OS/c1-4-23(7-10-40-21-46)17-45-25(16-38)13-27-22(2)24(5-6-29(27)45)18-43-11-8-33(19-43)9-12-44(20-33)30-28-14-26(15-34(35,36)37)47-31(28)42-32(39-3)41-30/h1,5-6,13-14,21,23H,7-12,15,17-20H2,2-3H3,(H,40,46)(H,39,41,42). The number of anilines is 2. The van der Waals surface area contributed by atoms with Crippen LogP contribution in [0.5, 0.6) is 0 Å². The Labute approximate surface area is 275 Å². The third kappa shape index (κ3) is 6.74. The summed E-state index contributed by atoms with van der Waals surface area (Å²) in [6, 6.07) is 10.1. The lowest BCUT2D eigenvalue weighted by Crippen LogP contribution is -2.31. The van der Waals surface area contributed by atoms with Gasteiger partial charge >= 0.3 is 6.18 Å². The highest BCUT2D eigenvalue weighted by Crippen LogP contribution is 2.44. The number of amides is 1. The molecule has 2 fully saturated rings. The summed E-state index contributed by atoms with van der Waals surface area (Å²) in [5.74, 6) is 3.79. The fourth-order valence-corrected chi connectivity index (χ4v) is 8.25. The summed E-state index contributed by atoms with van der Waals surface area (Å²) in [6.07, 6.45) is 3.83. The van der Waals surface area contributed by atoms with Gasteiger partial charge in [0.2, 0.25) is 12.4 Å². The van der Waals surface area contributed by atoms with Gasteiger partial charge in [0.1, 0.15) is 22.4 Å². The largest absolute Gasteiger partial charge is 0.393 e. The Morgan fingerprint density at radius 3 is 2.72 bits per heavy atom. The van der Waals surface area contributed by atoms with Gasteiger partial charge in [0.15, 0.2) is 0 Å². The van der Waals surface area contributed by atoms with Crippen LogP contribution >= 0.6 is 11.3 Å². The topological polar surface area (TPSA) is 102 Å². The van der Waals surface area contributed by atoms with Crippen molar-refractivity contribution in [1.82, 2.24) is 24.8 Å². The summed E-state index contributed by atoms with van der Waals surface area (Å²) < 4.78 is 41.5. The monoisotopic (exact) mass is 662 g/mol. The first-order valence-electron chi connectivity index (χ1n) is 15.7. The van der Waals surface area contributed by atoms with Crippen molar-refractivity contribution in [3.8, 4) is 18.4 Å². The molecular weight excluding hydrogens is 625 g/mol. The summed E-state index contributed by atoms with van der Waals surface area (Å²) in [5.41, 5.74) is 3.95. The number of fused-ring (bicyclic) bond motifs is 2. The second-order valence-electron chi connectivity index (χ2n) is 12.7. The van der Waals surface area contributed by atoms with Crippen LogP contribution in [0.1, 0.15) is 41.0 Å². The number of carbonyl (C=O) groups excluding carboxylic acids is 1. The van der Waals surface area contributed by atoms with Crippen LogP contribution in [0.2, 0.25) is 0 Å². The highest BCUT2D eigenvalue weighted by molar-refractivity contribution is 7.18. The van der Waals surface area contributed by atoms with Gasteiger partial charge in [0, 0.05) is 73.4 Å². The highest BCUT2D eigenvalue weighted by atomic mass is 32.1. The van der Waals surface area contributed by atoms with Crippen molar-refractivity contribution in [2.75, 3.05) is 50.0 Å². The molecular formula is C34H37F3N8OS. The first-order valence-corrected chi connectivity index (χ1v) is 16.5. The number of likely N-dealkylation sites (tertiary alicyclic amines) is 1. The number of hydrogen-bond donors (Lipinski definition) is 2. The summed E-state index contributed by atoms with van der Waals surface area (Å²) in [6.45, 7) is 7.30. The maximum atomic E-state index is 13.2. The van der Waals surface area contributed by atoms with Gasteiger partial charge in [-0.05, 0) is 62.1 Å². The number of carbonyl (C=O) groups is 1. The number of terminal acetylenes is 1. The van der Waals surface area contributed by atoms with E-state index in [1.54, 1.807) is 13.1 Å². The minimum Gasteiger partial charge on any atom is -0.359 e. The van der Waals surface area contributed by atoms with Crippen LogP contribution in [0.15, 0.2) is 24.3 Å². The van der Waals surface area contributed by atoms with Crippen LogP contribution < -0.4 is 15.5 Å². The van der Waals surface area contributed by atoms with E-state index in [1.165, 1.54) is 5.56 Å². The van der Waals surface area contributed by atoms with Crippen molar-refractivity contribution in [2.45, 2.75) is 51.9 Å². The quantitative estimate of drug-likeness (QED) is 0.125. The van der Waals surface area contributed by atoms with E-state index in [0.717, 1.165) is 73.4 Å². The molecule has 3 aromatic heterocycles. The zero-order chi connectivity index (χ0) is 33.3. The first-order chi connectivity index (χ1) is 22.5. The molecule has 9 nitrogen and oxygen atoms in total. The van der Waals surface area contributed by atoms with E-state index in [9.17, 15) is 23.2 Å². The first kappa shape index (κ1) is 32.6. The normalized spacial score (nSPS) is 19.0. The number of nitrogens with one attached hydrogen (secondary N) is 2. The Kier molecular flexibility index (Phi) is 9.05. The molecule has 0 bridgehead atoms. The van der Waals surface area contributed by atoms with Gasteiger partial charge in [-0.15, -0.1) is 23.7 Å². The zero-order valence-corrected chi connectivity index (χ0v) is 27.3. The van der Waals surface area contributed by atoms with E-state index in [0.29, 0.717) is 53.6 Å². The summed E-state index contributed by atoms with van der Waals surface area (Å²) in [5, 5.41) is 17.3. The van der Waals surface area contributed by atoms with Crippen molar-refractivity contribution >= 4 is 50.6 Å². The van der Waals surface area contributed by atoms with Crippen molar-refractivity contribution in [3.63, 3.8) is 0 Å². The second-order valence-corrected chi connectivity index (χ2v) is 13.9. The Morgan fingerprint density at radius 2 is 2.00 bits per heavy atom. The number of benzene rings is 1. The average Bonchev–Trinajstić information content (AvgIpc) is 3.82. The average molecular weight is 663 g/mol. The molecule has 4 aromatic rings. The molecule has 13 heteroatoms. The molecule has 1 aromatic carbocycles. The fourth-order valence-electron chi connectivity index (χ4n) is 7.19. The minimum absolute atomic E-state index is 0.0696. The van der Waals surface area contributed by atoms with Crippen molar-refractivity contribution < 1.29 is 18.0 Å². The molecule has 2 aliphatic heterocycles. The molecule has 47 heavy (non-hydrogen) atoms. The van der Waals surface area contributed by atoms with Gasteiger partial charge < -0.3 is 20.1 Å². The zero-order valence-electron chi connectivity index (χ0n) is 26.5. The molecule has 2 unspecified atom stereocenters. The number of nitrogens with zero attached hydrogens (tertiary/aromatic N) is 6. The van der Waals surface area contributed by atoms with E-state index < -0.39 is 12.6 Å². The second kappa shape index (κ2) is 13.1. The molecule has 2 N–H and O–H groups in total. The Hall–Kier alpha value is -4.33. The number of halogens is 3. The smallest absolute Gasteiger partial charge is 0.359 e. The number of thiophene rings is 1. The molecule has 2 aliphatic rings. The van der Waals surface area contributed by atoms with E-state index in [4.69, 9.17) is 11.4 Å². The van der Waals surface area contributed by atoms with Crippen LogP contribution in [-0.4, -0.2) is 71.8 Å². The van der Waals surface area contributed by atoms with Gasteiger partial charge in [-0.1, -0.05) is 6.07 Å². The van der Waals surface area contributed by atoms with E-state index in [-0.39, 0.29) is 16.2 Å². The van der Waals surface area contributed by atoms with Crippen molar-refractivity contribution in [2.24, 2.45) is 11.3 Å². The molecule has 0 radical (unpaired) electrons. The van der Waals surface area contributed by atoms with Crippen molar-refractivity contribution in [1.29, 1.82) is 5.26 Å². The van der Waals surface area contributed by atoms with Crippen LogP contribution in [0.3, 0.4) is 0 Å². The third-order valence-corrected chi connectivity index (χ3v) is 10.6. The molecule has 1 amide bonds. The predicted molar refractivity (Wildman–Crippen MR) is 178 cm³/mol. The number of nitriles is 1. The molecule has 5 heterocycles. The lowest BCUT2D eigenvalue weighted by Gasteiger charge is -2.26. The maximum absolute atomic E-state index is 13.2. The molecule has 1 spiro atoms. The van der Waals surface area contributed by atoms with Crippen LogP contribution in [0.4, 0.5) is 24.9 Å². The third-order valence-electron chi connectivity index (χ3n) is 9.61. The van der Waals surface area contributed by atoms with Gasteiger partial charge in [-0.25, -0.2) is 4.98 Å². The van der Waals surface area contributed by atoms with Crippen LogP contribution in [0, 0.1) is 41.9 Å². The van der Waals surface area contributed by atoms with Gasteiger partial charge in [-0.3, -0.25) is 9.69 Å². The number of hydrogen-bond acceptors (Lipinski definition) is 8. The number of aromatic nitrogens is 3. The minimum atomic E-state index is -4.28. The summed E-state index contributed by atoms with van der Waals surface area (Å²) >= 11 is 1.08. The van der Waals surface area contributed by atoms with Crippen molar-refractivity contribution in [3.05, 3.63) is 46.0 Å². The molecule has 246 valence electrons. The molecule has 0 aliphatic carbocycles. The molecule has 2 saturated heterocycles. The SMILES string of the molecule is C#CC(CCNC=O)Cn1c(C#N)cc2c(C)c(CN3CCC4(CCN(c5nc(NC)nc6sc(CC(F)(F)F)cc56)C4)C3)ccc21. The predicted octanol–water partition coefficient (Wildman–Crippen LogP) is 5.46. The van der Waals surface area contributed by atoms with E-state index in [1.807, 2.05) is 10.6 Å². The van der Waals surface area contributed by atoms with Gasteiger partial charge in [0.05, 0.1) is 11.8 Å².